The summed E-state index contributed by atoms with van der Waals surface area (Å²) in [5.41, 5.74) is 0.430. The van der Waals surface area contributed by atoms with Gasteiger partial charge in [0.05, 0.1) is 27.4 Å². The van der Waals surface area contributed by atoms with Crippen molar-refractivity contribution in [2.24, 2.45) is 0 Å². The number of hydrogen-bond acceptors (Lipinski definition) is 7. The van der Waals surface area contributed by atoms with Gasteiger partial charge in [0.25, 0.3) is 0 Å². The highest BCUT2D eigenvalue weighted by molar-refractivity contribution is 7.90. The van der Waals surface area contributed by atoms with Crippen molar-refractivity contribution in [2.45, 2.75) is 63.2 Å². The van der Waals surface area contributed by atoms with E-state index >= 15 is 0 Å². The monoisotopic (exact) mass is 536 g/mol. The van der Waals surface area contributed by atoms with Crippen LogP contribution in [-0.4, -0.2) is 48.2 Å². The molecule has 0 unspecified atom stereocenters. The van der Waals surface area contributed by atoms with Crippen molar-refractivity contribution in [3.8, 4) is 0 Å². The lowest BCUT2D eigenvalue weighted by atomic mass is 9.76. The minimum atomic E-state index is -3.36. The van der Waals surface area contributed by atoms with Crippen LogP contribution in [0.1, 0.15) is 63.9 Å². The summed E-state index contributed by atoms with van der Waals surface area (Å²) in [6, 6.07) is 17.1. The zero-order chi connectivity index (χ0) is 28.5. The van der Waals surface area contributed by atoms with Gasteiger partial charge < -0.3 is 19.9 Å². The van der Waals surface area contributed by atoms with Crippen molar-refractivity contribution >= 4 is 34.1 Å². The summed E-state index contributed by atoms with van der Waals surface area (Å²) >= 11 is 0. The summed E-state index contributed by atoms with van der Waals surface area (Å²) in [5.74, 6) is 0. The number of nitrogens with zero attached hydrogens (tertiary/aromatic N) is 1. The van der Waals surface area contributed by atoms with E-state index in [4.69, 9.17) is 4.65 Å². The summed E-state index contributed by atoms with van der Waals surface area (Å²) < 4.78 is 29.6. The Hall–Kier alpha value is -2.82. The Labute approximate surface area is 225 Å². The molecule has 1 aromatic heterocycles. The highest BCUT2D eigenvalue weighted by Gasteiger charge is 2.36. The van der Waals surface area contributed by atoms with Gasteiger partial charge >= 0.3 is 0 Å². The molecular weight excluding hydrogens is 501 g/mol. The van der Waals surface area contributed by atoms with Gasteiger partial charge in [-0.15, -0.1) is 0 Å². The lowest BCUT2D eigenvalue weighted by Crippen LogP contribution is -2.57. The fourth-order valence-corrected chi connectivity index (χ4v) is 4.17. The minimum absolute atomic E-state index is 0.203. The zero-order valence-electron chi connectivity index (χ0n) is 22.9. The van der Waals surface area contributed by atoms with Gasteiger partial charge in [-0.1, -0.05) is 47.9 Å². The minimum Gasteiger partial charge on any atom is -0.853 e. The van der Waals surface area contributed by atoms with Crippen molar-refractivity contribution < 1.29 is 28.3 Å². The van der Waals surface area contributed by atoms with Crippen LogP contribution in [0.2, 0.25) is 0 Å². The van der Waals surface area contributed by atoms with Crippen LogP contribution in [-0.2, 0) is 20.1 Å². The Morgan fingerprint density at radius 1 is 0.974 bits per heavy atom. The summed E-state index contributed by atoms with van der Waals surface area (Å²) in [7, 11) is -4.88. The zero-order valence-corrected chi connectivity index (χ0v) is 23.7. The van der Waals surface area contributed by atoms with Gasteiger partial charge in [-0.25, -0.2) is 8.42 Å². The van der Waals surface area contributed by atoms with Gasteiger partial charge in [-0.3, -0.25) is 4.98 Å². The van der Waals surface area contributed by atoms with Crippen LogP contribution in [0.3, 0.4) is 0 Å². The van der Waals surface area contributed by atoms with Crippen molar-refractivity contribution in [1.82, 2.24) is 4.98 Å². The summed E-state index contributed by atoms with van der Waals surface area (Å²) in [6.45, 7) is 9.88. The van der Waals surface area contributed by atoms with E-state index in [0.29, 0.717) is 27.9 Å². The third kappa shape index (κ3) is 7.18. The predicted octanol–water partition coefficient (Wildman–Crippen LogP) is 2.92. The molecule has 0 spiro atoms. The number of sulfone groups is 1. The third-order valence-corrected chi connectivity index (χ3v) is 7.84. The van der Waals surface area contributed by atoms with E-state index in [1.165, 1.54) is 0 Å². The average molecular weight is 536 g/mol. The molecule has 0 aliphatic carbocycles. The van der Waals surface area contributed by atoms with Crippen LogP contribution in [0, 0.1) is 0 Å². The van der Waals surface area contributed by atoms with Gasteiger partial charge in [0.15, 0.2) is 9.84 Å². The highest BCUT2D eigenvalue weighted by Crippen LogP contribution is 2.28. The second-order valence-electron chi connectivity index (χ2n) is 11.0. The van der Waals surface area contributed by atoms with Crippen LogP contribution in [0.4, 0.5) is 0 Å². The van der Waals surface area contributed by atoms with Crippen molar-refractivity contribution in [1.29, 1.82) is 0 Å². The van der Waals surface area contributed by atoms with Crippen molar-refractivity contribution in [2.75, 3.05) is 6.26 Å². The molecule has 0 bridgehead atoms. The number of hydrogen-bond donors (Lipinski definition) is 2. The second kappa shape index (κ2) is 10.7. The predicted molar refractivity (Wildman–Crippen MR) is 149 cm³/mol. The molecule has 0 amide bonds. The Balaban J connectivity index is 2.07. The average Bonchev–Trinajstić information content (AvgIpc) is 2.81. The number of pyridine rings is 1. The molecule has 3 aromatic rings. The molecule has 0 fully saturated rings. The molecule has 0 aliphatic rings. The van der Waals surface area contributed by atoms with E-state index in [1.807, 2.05) is 12.1 Å². The third-order valence-electron chi connectivity index (χ3n) is 6.71. The van der Waals surface area contributed by atoms with Crippen molar-refractivity contribution in [3.63, 3.8) is 0 Å². The lowest BCUT2D eigenvalue weighted by molar-refractivity contribution is -0.238. The molecule has 1 heterocycles. The summed E-state index contributed by atoms with van der Waals surface area (Å²) in [5, 5.41) is 33.7. The van der Waals surface area contributed by atoms with Gasteiger partial charge in [-0.05, 0) is 76.9 Å². The Morgan fingerprint density at radius 2 is 1.61 bits per heavy atom. The van der Waals surface area contributed by atoms with Crippen LogP contribution < -0.4 is 10.5 Å². The van der Waals surface area contributed by atoms with Crippen LogP contribution in [0.15, 0.2) is 71.8 Å². The molecule has 2 N–H and O–H groups in total. The van der Waals surface area contributed by atoms with E-state index in [0.717, 1.165) is 11.8 Å². The van der Waals surface area contributed by atoms with Crippen LogP contribution >= 0.6 is 0 Å². The van der Waals surface area contributed by atoms with Gasteiger partial charge in [0.2, 0.25) is 7.12 Å². The highest BCUT2D eigenvalue weighted by atomic mass is 32.2. The van der Waals surface area contributed by atoms with E-state index in [-0.39, 0.29) is 4.90 Å². The Bertz CT molecular complexity index is 1400. The van der Waals surface area contributed by atoms with Gasteiger partial charge in [0.1, 0.15) is 0 Å². The number of rotatable bonds is 9. The molecule has 0 saturated heterocycles. The van der Waals surface area contributed by atoms with E-state index in [9.17, 15) is 23.7 Å². The maximum Gasteiger partial charge on any atom is 0.218 e. The van der Waals surface area contributed by atoms with Crippen LogP contribution in [0.5, 0.6) is 0 Å². The molecule has 0 atom stereocenters. The fraction of sp³-hybridized carbons (Fsp3) is 0.345. The number of aliphatic hydroxyl groups is 2. The maximum absolute atomic E-state index is 13.0. The molecule has 0 aliphatic heterocycles. The van der Waals surface area contributed by atoms with E-state index < -0.39 is 33.8 Å². The number of benzene rings is 2. The van der Waals surface area contributed by atoms with Crippen molar-refractivity contribution in [3.05, 3.63) is 89.2 Å². The van der Waals surface area contributed by atoms with Gasteiger partial charge in [0, 0.05) is 23.6 Å². The van der Waals surface area contributed by atoms with E-state index in [1.54, 1.807) is 102 Å². The first-order chi connectivity index (χ1) is 17.4. The first-order valence-corrected chi connectivity index (χ1v) is 14.1. The quantitative estimate of drug-likeness (QED) is 0.319. The maximum atomic E-state index is 13.0. The molecule has 0 saturated carbocycles. The molecule has 7 nitrogen and oxygen atoms in total. The van der Waals surface area contributed by atoms with Crippen LogP contribution in [0.25, 0.3) is 11.6 Å². The molecule has 9 heteroatoms. The SMILES string of the molecule is CC(C)(O)c1ccc(/C(=C/c2cccc(B([O-])OC(C)(C)C(C)(C)O)c2)c2ccc(S(C)(=O)=O)cc2)nc1. The normalized spacial score (nSPS) is 13.5. The molecule has 38 heavy (non-hydrogen) atoms. The number of aromatic nitrogens is 1. The van der Waals surface area contributed by atoms with Gasteiger partial charge in [-0.2, -0.15) is 0 Å². The summed E-state index contributed by atoms with van der Waals surface area (Å²) in [6.07, 6.45) is 4.62. The first kappa shape index (κ1) is 29.7. The molecular formula is C29H35BNO6S-. The molecule has 3 rings (SSSR count). The Kier molecular flexibility index (Phi) is 8.41. The smallest absolute Gasteiger partial charge is 0.218 e. The summed E-state index contributed by atoms with van der Waals surface area (Å²) in [4.78, 5) is 4.76. The first-order valence-electron chi connectivity index (χ1n) is 12.3. The van der Waals surface area contributed by atoms with E-state index in [2.05, 4.69) is 4.98 Å². The largest absolute Gasteiger partial charge is 0.853 e. The molecule has 2 aromatic carbocycles. The lowest BCUT2D eigenvalue weighted by Gasteiger charge is -2.42. The standard InChI is InChI=1S/C29H35BNO6S/c1-27(2,32)22-13-16-26(31-19-22)25(21-11-14-24(15-12-21)38(7,35)36)18-20-9-8-10-23(17-20)30(34)37-29(5,6)28(3,4)33/h8-19,32-33H,1-7H3/q-1/b25-18+. The Morgan fingerprint density at radius 3 is 2.11 bits per heavy atom. The topological polar surface area (TPSA) is 120 Å². The molecule has 0 radical (unpaired) electrons. The fourth-order valence-electron chi connectivity index (χ4n) is 3.54. The molecule has 202 valence electrons. The second-order valence-corrected chi connectivity index (χ2v) is 13.1.